The first-order valence-corrected chi connectivity index (χ1v) is 8.32. The average molecular weight is 303 g/mol. The van der Waals surface area contributed by atoms with Crippen LogP contribution in [0.2, 0.25) is 0 Å². The molecule has 0 radical (unpaired) electrons. The molecule has 0 N–H and O–H groups in total. The van der Waals surface area contributed by atoms with Crippen LogP contribution in [0.15, 0.2) is 36.4 Å². The van der Waals surface area contributed by atoms with Crippen molar-refractivity contribution in [2.45, 2.75) is 32.4 Å². The van der Waals surface area contributed by atoms with Crippen molar-refractivity contribution in [1.82, 2.24) is 4.90 Å². The number of ether oxygens (including phenoxy) is 1. The number of nitrogens with zero attached hydrogens (tertiary/aromatic N) is 1. The molecule has 0 saturated heterocycles. The maximum absolute atomic E-state index is 5.72. The number of terminal acetylenes is 1. The van der Waals surface area contributed by atoms with Gasteiger partial charge in [-0.15, -0.1) is 6.42 Å². The fraction of sp³-hybridized carbons (Fsp3) is 0.333. The molecule has 0 aliphatic carbocycles. The van der Waals surface area contributed by atoms with E-state index in [0.29, 0.717) is 6.04 Å². The van der Waals surface area contributed by atoms with Gasteiger partial charge in [0.25, 0.3) is 0 Å². The predicted molar refractivity (Wildman–Crippen MR) is 92.5 cm³/mol. The van der Waals surface area contributed by atoms with E-state index >= 15 is 0 Å². The highest BCUT2D eigenvalue weighted by atomic mass is 16.5. The smallest absolute Gasteiger partial charge is 0.122 e. The fourth-order valence-electron chi connectivity index (χ4n) is 3.65. The van der Waals surface area contributed by atoms with E-state index in [1.54, 1.807) is 0 Å². The molecule has 0 fully saturated rings. The molecule has 1 unspecified atom stereocenters. The molecule has 1 atom stereocenters. The molecule has 23 heavy (non-hydrogen) atoms. The van der Waals surface area contributed by atoms with Crippen LogP contribution in [0, 0.1) is 12.3 Å². The van der Waals surface area contributed by atoms with Crippen molar-refractivity contribution in [3.8, 4) is 18.1 Å². The van der Waals surface area contributed by atoms with Crippen molar-refractivity contribution in [1.29, 1.82) is 0 Å². The monoisotopic (exact) mass is 303 g/mol. The lowest BCUT2D eigenvalue weighted by Crippen LogP contribution is -2.32. The van der Waals surface area contributed by atoms with Gasteiger partial charge >= 0.3 is 0 Å². The third-order valence-electron chi connectivity index (χ3n) is 5.17. The zero-order valence-electron chi connectivity index (χ0n) is 13.5. The van der Waals surface area contributed by atoms with E-state index < -0.39 is 0 Å². The van der Waals surface area contributed by atoms with Gasteiger partial charge < -0.3 is 4.74 Å². The molecule has 2 aliphatic heterocycles. The van der Waals surface area contributed by atoms with E-state index in [2.05, 4.69) is 54.1 Å². The molecule has 0 saturated carbocycles. The van der Waals surface area contributed by atoms with E-state index in [9.17, 15) is 0 Å². The number of hydrogen-bond acceptors (Lipinski definition) is 2. The summed E-state index contributed by atoms with van der Waals surface area (Å²) in [5.74, 6) is 3.82. The van der Waals surface area contributed by atoms with Crippen LogP contribution in [0.25, 0.3) is 0 Å². The Morgan fingerprint density at radius 2 is 1.96 bits per heavy atom. The molecule has 2 aromatic rings. The molecule has 2 aromatic carbocycles. The summed E-state index contributed by atoms with van der Waals surface area (Å²) < 4.78 is 5.72. The standard InChI is InChI=1S/C21H21NO/c1-3-16-4-5-17-8-10-22(14-20(17)12-16)15(2)19-7-6-18-9-11-23-21(18)13-19/h1,4-7,12-13,15H,8-11,14H2,2H3. The van der Waals surface area contributed by atoms with E-state index in [4.69, 9.17) is 11.2 Å². The van der Waals surface area contributed by atoms with Crippen LogP contribution >= 0.6 is 0 Å². The van der Waals surface area contributed by atoms with Crippen molar-refractivity contribution >= 4 is 0 Å². The quantitative estimate of drug-likeness (QED) is 0.784. The predicted octanol–water partition coefficient (Wildman–Crippen LogP) is 3.72. The lowest BCUT2D eigenvalue weighted by molar-refractivity contribution is 0.192. The van der Waals surface area contributed by atoms with Gasteiger partial charge in [0, 0.05) is 31.1 Å². The molecule has 2 nitrogen and oxygen atoms in total. The highest BCUT2D eigenvalue weighted by Gasteiger charge is 2.23. The second kappa shape index (κ2) is 5.76. The van der Waals surface area contributed by atoms with E-state index in [0.717, 1.165) is 43.9 Å². The Morgan fingerprint density at radius 1 is 1.09 bits per heavy atom. The Kier molecular flexibility index (Phi) is 3.59. The second-order valence-electron chi connectivity index (χ2n) is 6.49. The number of hydrogen-bond donors (Lipinski definition) is 0. The highest BCUT2D eigenvalue weighted by Crippen LogP contribution is 2.33. The Balaban J connectivity index is 1.58. The summed E-state index contributed by atoms with van der Waals surface area (Å²) in [5, 5.41) is 0. The summed E-state index contributed by atoms with van der Waals surface area (Å²) in [6, 6.07) is 13.5. The minimum atomic E-state index is 0.382. The maximum atomic E-state index is 5.72. The first-order valence-electron chi connectivity index (χ1n) is 8.32. The van der Waals surface area contributed by atoms with Gasteiger partial charge in [-0.3, -0.25) is 4.90 Å². The van der Waals surface area contributed by atoms with Crippen molar-refractivity contribution in [2.24, 2.45) is 0 Å². The molecule has 0 bridgehead atoms. The molecular formula is C21H21NO. The lowest BCUT2D eigenvalue weighted by Gasteiger charge is -2.34. The maximum Gasteiger partial charge on any atom is 0.122 e. The zero-order chi connectivity index (χ0) is 15.8. The van der Waals surface area contributed by atoms with Crippen molar-refractivity contribution < 1.29 is 4.74 Å². The molecule has 0 amide bonds. The van der Waals surface area contributed by atoms with Crippen molar-refractivity contribution in [3.05, 3.63) is 64.2 Å². The molecule has 2 aliphatic rings. The molecule has 2 heterocycles. The molecule has 0 aromatic heterocycles. The summed E-state index contributed by atoms with van der Waals surface area (Å²) in [6.07, 6.45) is 7.67. The zero-order valence-corrected chi connectivity index (χ0v) is 13.5. The summed E-state index contributed by atoms with van der Waals surface area (Å²) in [7, 11) is 0. The van der Waals surface area contributed by atoms with E-state index in [-0.39, 0.29) is 0 Å². The van der Waals surface area contributed by atoms with Gasteiger partial charge in [-0.1, -0.05) is 24.1 Å². The Bertz CT molecular complexity index is 787. The van der Waals surface area contributed by atoms with Crippen LogP contribution in [-0.4, -0.2) is 18.1 Å². The Labute approximate surface area is 138 Å². The number of rotatable bonds is 2. The van der Waals surface area contributed by atoms with E-state index in [1.807, 2.05) is 0 Å². The largest absolute Gasteiger partial charge is 0.493 e. The Hall–Kier alpha value is -2.24. The molecule has 0 spiro atoms. The third kappa shape index (κ3) is 2.62. The summed E-state index contributed by atoms with van der Waals surface area (Å²) in [4.78, 5) is 2.53. The lowest BCUT2D eigenvalue weighted by atomic mass is 9.95. The van der Waals surface area contributed by atoms with Crippen LogP contribution in [0.5, 0.6) is 5.75 Å². The van der Waals surface area contributed by atoms with Gasteiger partial charge in [0.05, 0.1) is 6.61 Å². The average Bonchev–Trinajstić information content (AvgIpc) is 3.07. The number of benzene rings is 2. The van der Waals surface area contributed by atoms with Crippen LogP contribution < -0.4 is 4.74 Å². The second-order valence-corrected chi connectivity index (χ2v) is 6.49. The van der Waals surface area contributed by atoms with Crippen LogP contribution in [0.1, 0.15) is 40.8 Å². The summed E-state index contributed by atoms with van der Waals surface area (Å²) >= 11 is 0. The topological polar surface area (TPSA) is 12.5 Å². The van der Waals surface area contributed by atoms with Gasteiger partial charge in [-0.2, -0.15) is 0 Å². The molecular weight excluding hydrogens is 282 g/mol. The highest BCUT2D eigenvalue weighted by molar-refractivity contribution is 5.42. The first kappa shape index (κ1) is 14.4. The minimum Gasteiger partial charge on any atom is -0.493 e. The SMILES string of the molecule is C#Cc1ccc2c(c1)CN(C(C)c1ccc3c(c1)OCC3)CC2. The molecule has 4 rings (SSSR count). The van der Waals surface area contributed by atoms with Gasteiger partial charge in [0.1, 0.15) is 5.75 Å². The Morgan fingerprint density at radius 3 is 2.83 bits per heavy atom. The van der Waals surface area contributed by atoms with Crippen molar-refractivity contribution in [2.75, 3.05) is 13.2 Å². The molecule has 116 valence electrons. The number of fused-ring (bicyclic) bond motifs is 2. The summed E-state index contributed by atoms with van der Waals surface area (Å²) in [6.45, 7) is 5.15. The normalized spacial score (nSPS) is 17.7. The van der Waals surface area contributed by atoms with Crippen LogP contribution in [0.4, 0.5) is 0 Å². The summed E-state index contributed by atoms with van der Waals surface area (Å²) in [5.41, 5.74) is 6.45. The third-order valence-corrected chi connectivity index (χ3v) is 5.17. The van der Waals surface area contributed by atoms with Crippen LogP contribution in [-0.2, 0) is 19.4 Å². The van der Waals surface area contributed by atoms with Crippen molar-refractivity contribution in [3.63, 3.8) is 0 Å². The van der Waals surface area contributed by atoms with Gasteiger partial charge in [-0.05, 0) is 53.8 Å². The van der Waals surface area contributed by atoms with Crippen LogP contribution in [0.3, 0.4) is 0 Å². The van der Waals surface area contributed by atoms with Gasteiger partial charge in [0.15, 0.2) is 0 Å². The van der Waals surface area contributed by atoms with Gasteiger partial charge in [-0.25, -0.2) is 0 Å². The first-order chi connectivity index (χ1) is 11.2. The minimum absolute atomic E-state index is 0.382. The van der Waals surface area contributed by atoms with Gasteiger partial charge in [0.2, 0.25) is 0 Å². The molecule has 2 heteroatoms. The van der Waals surface area contributed by atoms with E-state index in [1.165, 1.54) is 22.3 Å². The fourth-order valence-corrected chi connectivity index (χ4v) is 3.65.